The predicted molar refractivity (Wildman–Crippen MR) is 113 cm³/mol. The lowest BCUT2D eigenvalue weighted by Gasteiger charge is -2.14. The number of aromatic nitrogens is 2. The molecule has 0 bridgehead atoms. The lowest BCUT2D eigenvalue weighted by atomic mass is 9.98. The first-order chi connectivity index (χ1) is 13.4. The van der Waals surface area contributed by atoms with E-state index in [2.05, 4.69) is 84.1 Å². The fourth-order valence-corrected chi connectivity index (χ4v) is 3.35. The van der Waals surface area contributed by atoms with Gasteiger partial charge in [0.25, 0.3) is 0 Å². The Morgan fingerprint density at radius 2 is 1.52 bits per heavy atom. The van der Waals surface area contributed by atoms with E-state index in [4.69, 9.17) is 4.98 Å². The van der Waals surface area contributed by atoms with Crippen LogP contribution in [-0.4, -0.2) is 9.55 Å². The Hall–Kier alpha value is -3.39. The Bertz CT molecular complexity index is 1030. The Morgan fingerprint density at radius 1 is 0.815 bits per heavy atom. The molecule has 2 heterocycles. The van der Waals surface area contributed by atoms with Gasteiger partial charge in [0.2, 0.25) is 0 Å². The molecule has 0 radical (unpaired) electrons. The van der Waals surface area contributed by atoms with Crippen molar-refractivity contribution in [3.8, 4) is 33.6 Å². The Kier molecular flexibility index (Phi) is 4.97. The highest BCUT2D eigenvalue weighted by Crippen LogP contribution is 2.34. The fraction of sp³-hybridized carbons (Fsp3) is 0.0800. The van der Waals surface area contributed by atoms with Gasteiger partial charge in [-0.25, -0.2) is 0 Å². The van der Waals surface area contributed by atoms with Crippen molar-refractivity contribution in [3.05, 3.63) is 104 Å². The van der Waals surface area contributed by atoms with Crippen LogP contribution in [0.3, 0.4) is 0 Å². The number of nitrogens with zero attached hydrogens (tertiary/aromatic N) is 2. The van der Waals surface area contributed by atoms with Gasteiger partial charge in [0, 0.05) is 30.1 Å². The normalized spacial score (nSPS) is 10.7. The maximum atomic E-state index is 4.90. The van der Waals surface area contributed by atoms with E-state index < -0.39 is 0 Å². The molecule has 2 aromatic carbocycles. The molecular formula is C25H22N2. The van der Waals surface area contributed by atoms with Crippen LogP contribution in [0.4, 0.5) is 0 Å². The maximum absolute atomic E-state index is 4.90. The molecule has 0 aliphatic carbocycles. The average molecular weight is 350 g/mol. The molecule has 4 aromatic rings. The molecule has 2 heteroatoms. The first-order valence-electron chi connectivity index (χ1n) is 9.24. The zero-order chi connectivity index (χ0) is 18.5. The van der Waals surface area contributed by atoms with Gasteiger partial charge >= 0.3 is 0 Å². The number of hydrogen-bond acceptors (Lipinski definition) is 1. The molecule has 2 nitrogen and oxygen atoms in total. The van der Waals surface area contributed by atoms with Gasteiger partial charge < -0.3 is 4.57 Å². The van der Waals surface area contributed by atoms with Crippen LogP contribution in [0.2, 0.25) is 0 Å². The highest BCUT2D eigenvalue weighted by Gasteiger charge is 2.14. The van der Waals surface area contributed by atoms with Crippen molar-refractivity contribution in [3.63, 3.8) is 0 Å². The van der Waals surface area contributed by atoms with E-state index in [1.807, 2.05) is 24.4 Å². The van der Waals surface area contributed by atoms with Crippen LogP contribution in [0.25, 0.3) is 33.6 Å². The molecule has 0 fully saturated rings. The molecule has 0 aliphatic rings. The largest absolute Gasteiger partial charge is 0.346 e. The van der Waals surface area contributed by atoms with Crippen molar-refractivity contribution in [2.45, 2.75) is 13.0 Å². The molecule has 0 aliphatic heterocycles. The standard InChI is InChI=1S/C25H22N2/c1-2-3-16-27-17-10-15-24(27)25-23(21-13-8-5-9-14-21)18-22(19-26-25)20-11-6-4-7-12-20/h2,4-15,17-19H,1,3,16H2. The highest BCUT2D eigenvalue weighted by atomic mass is 15.0. The monoisotopic (exact) mass is 350 g/mol. The summed E-state index contributed by atoms with van der Waals surface area (Å²) in [5.74, 6) is 0. The molecule has 0 saturated heterocycles. The zero-order valence-electron chi connectivity index (χ0n) is 15.3. The molecule has 0 spiro atoms. The zero-order valence-corrected chi connectivity index (χ0v) is 15.3. The smallest absolute Gasteiger partial charge is 0.0945 e. The third kappa shape index (κ3) is 3.61. The van der Waals surface area contributed by atoms with E-state index in [0.717, 1.165) is 35.5 Å². The summed E-state index contributed by atoms with van der Waals surface area (Å²) in [6.07, 6.45) is 6.97. The predicted octanol–water partition coefficient (Wildman–Crippen LogP) is 6.46. The molecule has 2 aromatic heterocycles. The summed E-state index contributed by atoms with van der Waals surface area (Å²) in [6, 6.07) is 27.4. The summed E-state index contributed by atoms with van der Waals surface area (Å²) in [4.78, 5) is 4.90. The summed E-state index contributed by atoms with van der Waals surface area (Å²) < 4.78 is 2.25. The van der Waals surface area contributed by atoms with Crippen LogP contribution >= 0.6 is 0 Å². The Balaban J connectivity index is 1.87. The minimum atomic E-state index is 0.905. The summed E-state index contributed by atoms with van der Waals surface area (Å²) in [5, 5.41) is 0. The van der Waals surface area contributed by atoms with E-state index in [1.165, 1.54) is 11.1 Å². The van der Waals surface area contributed by atoms with Gasteiger partial charge in [0.15, 0.2) is 0 Å². The van der Waals surface area contributed by atoms with Crippen molar-refractivity contribution in [1.29, 1.82) is 0 Å². The minimum absolute atomic E-state index is 0.905. The van der Waals surface area contributed by atoms with Crippen molar-refractivity contribution < 1.29 is 0 Å². The topological polar surface area (TPSA) is 17.8 Å². The lowest BCUT2D eigenvalue weighted by Crippen LogP contribution is -2.00. The number of aryl methyl sites for hydroxylation is 1. The van der Waals surface area contributed by atoms with Crippen LogP contribution in [0.5, 0.6) is 0 Å². The van der Waals surface area contributed by atoms with Gasteiger partial charge in [-0.3, -0.25) is 4.98 Å². The molecule has 0 amide bonds. The van der Waals surface area contributed by atoms with E-state index in [1.54, 1.807) is 0 Å². The second kappa shape index (κ2) is 7.88. The van der Waals surface area contributed by atoms with E-state index >= 15 is 0 Å². The second-order valence-corrected chi connectivity index (χ2v) is 6.52. The highest BCUT2D eigenvalue weighted by molar-refractivity contribution is 5.83. The molecular weight excluding hydrogens is 328 g/mol. The van der Waals surface area contributed by atoms with Crippen LogP contribution in [0.1, 0.15) is 6.42 Å². The second-order valence-electron chi connectivity index (χ2n) is 6.52. The van der Waals surface area contributed by atoms with Gasteiger partial charge in [-0.1, -0.05) is 66.7 Å². The first-order valence-corrected chi connectivity index (χ1v) is 9.24. The Morgan fingerprint density at radius 3 is 2.22 bits per heavy atom. The number of allylic oxidation sites excluding steroid dienone is 1. The summed E-state index contributed by atoms with van der Waals surface area (Å²) in [7, 11) is 0. The van der Waals surface area contributed by atoms with Crippen LogP contribution in [0.15, 0.2) is 104 Å². The summed E-state index contributed by atoms with van der Waals surface area (Å²) in [6.45, 7) is 4.75. The van der Waals surface area contributed by atoms with E-state index in [9.17, 15) is 0 Å². The molecule has 0 atom stereocenters. The van der Waals surface area contributed by atoms with Crippen molar-refractivity contribution in [1.82, 2.24) is 9.55 Å². The summed E-state index contributed by atoms with van der Waals surface area (Å²) >= 11 is 0. The lowest BCUT2D eigenvalue weighted by molar-refractivity contribution is 0.721. The molecule has 0 unspecified atom stereocenters. The van der Waals surface area contributed by atoms with Crippen LogP contribution in [-0.2, 0) is 6.54 Å². The molecule has 4 rings (SSSR count). The molecule has 27 heavy (non-hydrogen) atoms. The number of hydrogen-bond donors (Lipinski definition) is 0. The van der Waals surface area contributed by atoms with Gasteiger partial charge in [0.1, 0.15) is 0 Å². The average Bonchev–Trinajstić information content (AvgIpc) is 3.21. The minimum Gasteiger partial charge on any atom is -0.346 e. The van der Waals surface area contributed by atoms with Gasteiger partial charge in [-0.2, -0.15) is 0 Å². The first kappa shape index (κ1) is 17.0. The number of pyridine rings is 1. The van der Waals surface area contributed by atoms with Crippen LogP contribution < -0.4 is 0 Å². The molecule has 132 valence electrons. The van der Waals surface area contributed by atoms with E-state index in [-0.39, 0.29) is 0 Å². The number of rotatable bonds is 6. The third-order valence-electron chi connectivity index (χ3n) is 4.73. The SMILES string of the molecule is C=CCCn1cccc1-c1ncc(-c2ccccc2)cc1-c1ccccc1. The van der Waals surface area contributed by atoms with Crippen molar-refractivity contribution in [2.75, 3.05) is 0 Å². The fourth-order valence-electron chi connectivity index (χ4n) is 3.35. The van der Waals surface area contributed by atoms with Crippen molar-refractivity contribution in [2.24, 2.45) is 0 Å². The van der Waals surface area contributed by atoms with Gasteiger partial charge in [0.05, 0.1) is 11.4 Å². The molecule has 0 N–H and O–H groups in total. The quantitative estimate of drug-likeness (QED) is 0.365. The van der Waals surface area contributed by atoms with E-state index in [0.29, 0.717) is 0 Å². The summed E-state index contributed by atoms with van der Waals surface area (Å²) in [5.41, 5.74) is 6.77. The van der Waals surface area contributed by atoms with Crippen molar-refractivity contribution >= 4 is 0 Å². The van der Waals surface area contributed by atoms with Gasteiger partial charge in [-0.05, 0) is 35.7 Å². The molecule has 0 saturated carbocycles. The van der Waals surface area contributed by atoms with Crippen LogP contribution in [0, 0.1) is 0 Å². The third-order valence-corrected chi connectivity index (χ3v) is 4.73. The van der Waals surface area contributed by atoms with Gasteiger partial charge in [-0.15, -0.1) is 6.58 Å². The maximum Gasteiger partial charge on any atom is 0.0945 e. The Labute approximate surface area is 160 Å². The number of benzene rings is 2.